The molecule has 0 bridgehead atoms. The second-order valence-electron chi connectivity index (χ2n) is 6.94. The Kier molecular flexibility index (Phi) is 8.78. The first kappa shape index (κ1) is 21.9. The zero-order valence-electron chi connectivity index (χ0n) is 17.4. The van der Waals surface area contributed by atoms with Crippen molar-refractivity contribution in [1.82, 2.24) is 4.90 Å². The summed E-state index contributed by atoms with van der Waals surface area (Å²) < 4.78 is 1.36. The fourth-order valence-electron chi connectivity index (χ4n) is 2.84. The maximum Gasteiger partial charge on any atom is 0.137 e. The molecule has 0 saturated heterocycles. The number of hydrogen-bond acceptors (Lipinski definition) is 4. The van der Waals surface area contributed by atoms with Gasteiger partial charge >= 0.3 is 0 Å². The summed E-state index contributed by atoms with van der Waals surface area (Å²) in [6.07, 6.45) is 6.41. The second-order valence-corrected chi connectivity index (χ2v) is 10.4. The van der Waals surface area contributed by atoms with Gasteiger partial charge in [0, 0.05) is 35.4 Å². The second kappa shape index (κ2) is 10.8. The minimum absolute atomic E-state index is 0.529. The van der Waals surface area contributed by atoms with E-state index in [1.165, 1.54) is 20.9 Å². The first-order chi connectivity index (χ1) is 13.0. The molecule has 1 aromatic carbocycles. The van der Waals surface area contributed by atoms with Crippen LogP contribution in [0.15, 0.2) is 63.5 Å². The van der Waals surface area contributed by atoms with Crippen molar-refractivity contribution in [3.63, 3.8) is 0 Å². The molecule has 1 aromatic rings. The molecule has 2 rings (SSSR count). The lowest BCUT2D eigenvalue weighted by atomic mass is 10.0. The monoisotopic (exact) mass is 400 g/mol. The number of hydrogen-bond donors (Lipinski definition) is 0. The topological polar surface area (TPSA) is 15.6 Å². The third kappa shape index (κ3) is 6.32. The van der Waals surface area contributed by atoms with Gasteiger partial charge in [-0.1, -0.05) is 58.0 Å². The summed E-state index contributed by atoms with van der Waals surface area (Å²) in [4.78, 5) is 7.24. The molecule has 146 valence electrons. The molecule has 4 heteroatoms. The molecule has 1 aliphatic rings. The zero-order chi connectivity index (χ0) is 19.8. The van der Waals surface area contributed by atoms with Crippen LogP contribution in [0.2, 0.25) is 0 Å². The molecule has 0 atom stereocenters. The minimum Gasteiger partial charge on any atom is -0.357 e. The summed E-state index contributed by atoms with van der Waals surface area (Å²) in [5.41, 5.74) is 3.69. The Labute approximate surface area is 173 Å². The van der Waals surface area contributed by atoms with Crippen LogP contribution in [0.25, 0.3) is 5.57 Å². The fraction of sp³-hybridized carbons (Fsp3) is 0.435. The van der Waals surface area contributed by atoms with E-state index >= 15 is 0 Å². The van der Waals surface area contributed by atoms with Gasteiger partial charge in [-0.05, 0) is 37.1 Å². The van der Waals surface area contributed by atoms with Gasteiger partial charge in [0.1, 0.15) is 5.84 Å². The number of aliphatic imine (C=N–C) groups is 1. The Balaban J connectivity index is 2.64. The van der Waals surface area contributed by atoms with E-state index in [2.05, 4.69) is 88.9 Å². The molecule has 1 heterocycles. The lowest BCUT2D eigenvalue weighted by molar-refractivity contribution is 0.466. The molecular weight excluding hydrogens is 368 g/mol. The average Bonchev–Trinajstić information content (AvgIpc) is 2.85. The van der Waals surface area contributed by atoms with Gasteiger partial charge in [0.15, 0.2) is 0 Å². The van der Waals surface area contributed by atoms with Gasteiger partial charge in [-0.15, -0.1) is 23.5 Å². The van der Waals surface area contributed by atoms with Crippen molar-refractivity contribution < 1.29 is 0 Å². The van der Waals surface area contributed by atoms with Gasteiger partial charge in [-0.3, -0.25) is 0 Å². The number of benzene rings is 1. The quantitative estimate of drug-likeness (QED) is 0.498. The first-order valence-electron chi connectivity index (χ1n) is 9.80. The van der Waals surface area contributed by atoms with Gasteiger partial charge in [-0.25, -0.2) is 4.99 Å². The van der Waals surface area contributed by atoms with E-state index in [0.29, 0.717) is 10.5 Å². The van der Waals surface area contributed by atoms with Crippen LogP contribution in [0, 0.1) is 0 Å². The standard InChI is InChI=1S/C23H32N2S2/c1-7-25(8-2)22-21(23(26-17(3)4)27-18(5)6)16-20(14-15-24-22)19-12-10-9-11-13-19/h9-18H,7-8H2,1-6H3. The molecule has 0 N–H and O–H groups in total. The fourth-order valence-corrected chi connectivity index (χ4v) is 5.63. The van der Waals surface area contributed by atoms with Crippen LogP contribution in [-0.4, -0.2) is 34.3 Å². The number of likely N-dealkylation sites (N-methyl/N-ethyl adjacent to an activating group) is 1. The molecule has 27 heavy (non-hydrogen) atoms. The summed E-state index contributed by atoms with van der Waals surface area (Å²) >= 11 is 3.89. The van der Waals surface area contributed by atoms with Crippen LogP contribution < -0.4 is 0 Å². The Bertz CT molecular complexity index is 712. The van der Waals surface area contributed by atoms with Crippen molar-refractivity contribution in [2.45, 2.75) is 52.0 Å². The zero-order valence-corrected chi connectivity index (χ0v) is 19.0. The van der Waals surface area contributed by atoms with Crippen molar-refractivity contribution in [2.24, 2.45) is 4.99 Å². The third-order valence-corrected chi connectivity index (χ3v) is 6.46. The molecular formula is C23H32N2S2. The minimum atomic E-state index is 0.529. The van der Waals surface area contributed by atoms with Crippen molar-refractivity contribution >= 4 is 34.9 Å². The summed E-state index contributed by atoms with van der Waals surface area (Å²) in [6, 6.07) is 10.6. The third-order valence-electron chi connectivity index (χ3n) is 4.07. The smallest absolute Gasteiger partial charge is 0.137 e. The summed E-state index contributed by atoms with van der Waals surface area (Å²) in [5.74, 6) is 1.08. The molecule has 1 aliphatic heterocycles. The Morgan fingerprint density at radius 1 is 0.963 bits per heavy atom. The predicted octanol–water partition coefficient (Wildman–Crippen LogP) is 6.83. The number of allylic oxidation sites excluding steroid dienone is 2. The largest absolute Gasteiger partial charge is 0.357 e. The summed E-state index contributed by atoms with van der Waals surface area (Å²) in [6.45, 7) is 15.3. The lowest BCUT2D eigenvalue weighted by Gasteiger charge is -2.26. The van der Waals surface area contributed by atoms with Crippen LogP contribution in [0.3, 0.4) is 0 Å². The van der Waals surface area contributed by atoms with E-state index < -0.39 is 0 Å². The maximum absolute atomic E-state index is 4.88. The van der Waals surface area contributed by atoms with E-state index in [9.17, 15) is 0 Å². The highest BCUT2D eigenvalue weighted by Gasteiger charge is 2.21. The van der Waals surface area contributed by atoms with E-state index in [1.54, 1.807) is 0 Å². The summed E-state index contributed by atoms with van der Waals surface area (Å²) in [5, 5.41) is 1.06. The van der Waals surface area contributed by atoms with Crippen molar-refractivity contribution in [3.8, 4) is 0 Å². The van der Waals surface area contributed by atoms with Crippen molar-refractivity contribution in [1.29, 1.82) is 0 Å². The van der Waals surface area contributed by atoms with Gasteiger partial charge in [0.2, 0.25) is 0 Å². The molecule has 0 fully saturated rings. The number of rotatable bonds is 7. The molecule has 0 radical (unpaired) electrons. The van der Waals surface area contributed by atoms with Crippen molar-refractivity contribution in [2.75, 3.05) is 13.1 Å². The molecule has 0 aromatic heterocycles. The van der Waals surface area contributed by atoms with Gasteiger partial charge in [-0.2, -0.15) is 0 Å². The number of nitrogens with zero attached hydrogens (tertiary/aromatic N) is 2. The Hall–Kier alpha value is -1.39. The summed E-state index contributed by atoms with van der Waals surface area (Å²) in [7, 11) is 0. The highest BCUT2D eigenvalue weighted by atomic mass is 32.2. The molecule has 0 aliphatic carbocycles. The van der Waals surface area contributed by atoms with Gasteiger partial charge in [0.25, 0.3) is 0 Å². The Morgan fingerprint density at radius 2 is 1.56 bits per heavy atom. The number of thioether (sulfide) groups is 2. The van der Waals surface area contributed by atoms with Gasteiger partial charge < -0.3 is 4.90 Å². The lowest BCUT2D eigenvalue weighted by Crippen LogP contribution is -2.32. The Morgan fingerprint density at radius 3 is 2.07 bits per heavy atom. The normalized spacial score (nSPS) is 14.3. The highest BCUT2D eigenvalue weighted by molar-refractivity contribution is 8.22. The average molecular weight is 401 g/mol. The molecule has 0 saturated carbocycles. The van der Waals surface area contributed by atoms with E-state index in [-0.39, 0.29) is 0 Å². The maximum atomic E-state index is 4.88. The molecule has 0 amide bonds. The van der Waals surface area contributed by atoms with Crippen LogP contribution in [-0.2, 0) is 0 Å². The van der Waals surface area contributed by atoms with Crippen LogP contribution in [0.4, 0.5) is 0 Å². The van der Waals surface area contributed by atoms with E-state index in [4.69, 9.17) is 4.99 Å². The predicted molar refractivity (Wildman–Crippen MR) is 126 cm³/mol. The molecule has 0 unspecified atom stereocenters. The number of amidine groups is 1. The van der Waals surface area contributed by atoms with Crippen LogP contribution >= 0.6 is 23.5 Å². The van der Waals surface area contributed by atoms with Crippen LogP contribution in [0.5, 0.6) is 0 Å². The first-order valence-corrected chi connectivity index (χ1v) is 11.6. The van der Waals surface area contributed by atoms with Gasteiger partial charge in [0.05, 0.1) is 4.24 Å². The van der Waals surface area contributed by atoms with E-state index in [1.807, 2.05) is 29.7 Å². The van der Waals surface area contributed by atoms with Crippen molar-refractivity contribution in [3.05, 3.63) is 64.1 Å². The molecule has 2 nitrogen and oxygen atoms in total. The highest BCUT2D eigenvalue weighted by Crippen LogP contribution is 2.39. The molecule has 0 spiro atoms. The van der Waals surface area contributed by atoms with E-state index in [0.717, 1.165) is 18.9 Å². The SMILES string of the molecule is CCN(CC)C1=NC=CC(c2ccccc2)=CC1=C(SC(C)C)SC(C)C. The van der Waals surface area contributed by atoms with Crippen LogP contribution in [0.1, 0.15) is 47.1 Å².